The van der Waals surface area contributed by atoms with Crippen LogP contribution >= 0.6 is 0 Å². The monoisotopic (exact) mass is 258 g/mol. The summed E-state index contributed by atoms with van der Waals surface area (Å²) in [5.41, 5.74) is 0.0817. The van der Waals surface area contributed by atoms with Crippen molar-refractivity contribution in [3.63, 3.8) is 0 Å². The summed E-state index contributed by atoms with van der Waals surface area (Å²) in [6.45, 7) is 0.419. The van der Waals surface area contributed by atoms with E-state index in [9.17, 15) is 17.6 Å². The Morgan fingerprint density at radius 3 is 2.72 bits per heavy atom. The molecule has 0 aliphatic carbocycles. The molecule has 1 atom stereocenters. The van der Waals surface area contributed by atoms with Crippen LogP contribution in [0, 0.1) is 0 Å². The first-order valence-electron chi connectivity index (χ1n) is 5.56. The quantitative estimate of drug-likeness (QED) is 0.550. The molecule has 6 heteroatoms. The molecule has 0 amide bonds. The van der Waals surface area contributed by atoms with Crippen LogP contribution in [-0.2, 0) is 12.6 Å². The van der Waals surface area contributed by atoms with Crippen LogP contribution in [0.25, 0.3) is 10.9 Å². The Morgan fingerprint density at radius 2 is 2.00 bits per heavy atom. The average molecular weight is 258 g/mol. The molecule has 2 aromatic rings. The zero-order chi connectivity index (χ0) is 12.9. The number of fused-ring (bicyclic) bond motifs is 3. The highest BCUT2D eigenvalue weighted by molar-refractivity contribution is 5.88. The number of hydrogen-bond donors (Lipinski definition) is 2. The fourth-order valence-electron chi connectivity index (χ4n) is 2.44. The Balaban J connectivity index is 2.32. The van der Waals surface area contributed by atoms with Crippen LogP contribution in [0.4, 0.5) is 17.6 Å². The van der Waals surface area contributed by atoms with Gasteiger partial charge < -0.3 is 4.98 Å². The number of para-hydroxylation sites is 1. The number of H-pyrrole nitrogens is 1. The lowest BCUT2D eigenvalue weighted by Gasteiger charge is -2.17. The van der Waals surface area contributed by atoms with Crippen LogP contribution in [0.5, 0.6) is 0 Å². The second-order valence-electron chi connectivity index (χ2n) is 4.31. The van der Waals surface area contributed by atoms with Gasteiger partial charge in [-0.15, -0.1) is 0 Å². The summed E-state index contributed by atoms with van der Waals surface area (Å²) in [5, 5.41) is 2.91. The van der Waals surface area contributed by atoms with Gasteiger partial charge in [-0.25, -0.2) is 4.39 Å². The lowest BCUT2D eigenvalue weighted by molar-refractivity contribution is -0.136. The zero-order valence-corrected chi connectivity index (χ0v) is 9.24. The molecule has 96 valence electrons. The average Bonchev–Trinajstić information content (AvgIpc) is 2.66. The van der Waals surface area contributed by atoms with E-state index >= 15 is 0 Å². The second-order valence-corrected chi connectivity index (χ2v) is 4.31. The van der Waals surface area contributed by atoms with Gasteiger partial charge in [-0.1, -0.05) is 12.1 Å². The SMILES string of the molecule is FC1NCCc2[nH]c3c(C(F)(F)F)cccc3c21. The van der Waals surface area contributed by atoms with Crippen LogP contribution < -0.4 is 5.32 Å². The predicted octanol–water partition coefficient (Wildman–Crippen LogP) is 3.30. The topological polar surface area (TPSA) is 27.8 Å². The minimum absolute atomic E-state index is 0.0265. The minimum Gasteiger partial charge on any atom is -0.357 e. The van der Waals surface area contributed by atoms with E-state index in [0.717, 1.165) is 6.07 Å². The van der Waals surface area contributed by atoms with E-state index < -0.39 is 18.0 Å². The molecule has 0 saturated heterocycles. The van der Waals surface area contributed by atoms with Gasteiger partial charge in [-0.3, -0.25) is 5.32 Å². The first kappa shape index (κ1) is 11.5. The predicted molar refractivity (Wildman–Crippen MR) is 58.9 cm³/mol. The van der Waals surface area contributed by atoms with E-state index in [4.69, 9.17) is 0 Å². The summed E-state index contributed by atoms with van der Waals surface area (Å²) >= 11 is 0. The third-order valence-electron chi connectivity index (χ3n) is 3.21. The minimum atomic E-state index is -4.44. The molecule has 0 saturated carbocycles. The van der Waals surface area contributed by atoms with Crippen molar-refractivity contribution in [3.05, 3.63) is 35.0 Å². The summed E-state index contributed by atoms with van der Waals surface area (Å²) in [6, 6.07) is 3.82. The van der Waals surface area contributed by atoms with E-state index in [2.05, 4.69) is 10.3 Å². The Labute approximate surface area is 100.0 Å². The summed E-state index contributed by atoms with van der Waals surface area (Å²) in [6.07, 6.45) is -5.35. The highest BCUT2D eigenvalue weighted by atomic mass is 19.4. The van der Waals surface area contributed by atoms with Gasteiger partial charge in [0.1, 0.15) is 0 Å². The Morgan fingerprint density at radius 1 is 1.22 bits per heavy atom. The summed E-state index contributed by atoms with van der Waals surface area (Å²) in [5.74, 6) is 0. The Kier molecular flexibility index (Phi) is 2.38. The number of aromatic amines is 1. The lowest BCUT2D eigenvalue weighted by Crippen LogP contribution is -2.26. The van der Waals surface area contributed by atoms with Crippen molar-refractivity contribution >= 4 is 10.9 Å². The normalized spacial score (nSPS) is 20.1. The maximum Gasteiger partial charge on any atom is 0.418 e. The van der Waals surface area contributed by atoms with Crippen molar-refractivity contribution in [1.82, 2.24) is 10.3 Å². The number of aromatic nitrogens is 1. The van der Waals surface area contributed by atoms with E-state index in [1.165, 1.54) is 12.1 Å². The van der Waals surface area contributed by atoms with Gasteiger partial charge in [0.25, 0.3) is 0 Å². The van der Waals surface area contributed by atoms with Crippen LogP contribution in [0.15, 0.2) is 18.2 Å². The fourth-order valence-corrected chi connectivity index (χ4v) is 2.44. The molecular formula is C12H10F4N2. The maximum absolute atomic E-state index is 13.8. The Hall–Kier alpha value is -1.56. The highest BCUT2D eigenvalue weighted by Gasteiger charge is 2.35. The molecular weight excluding hydrogens is 248 g/mol. The molecule has 1 unspecified atom stereocenters. The van der Waals surface area contributed by atoms with Crippen LogP contribution in [0.2, 0.25) is 0 Å². The van der Waals surface area contributed by atoms with Crippen LogP contribution in [-0.4, -0.2) is 11.5 Å². The van der Waals surface area contributed by atoms with Crippen molar-refractivity contribution in [1.29, 1.82) is 0 Å². The van der Waals surface area contributed by atoms with Crippen molar-refractivity contribution in [2.24, 2.45) is 0 Å². The third-order valence-corrected chi connectivity index (χ3v) is 3.21. The van der Waals surface area contributed by atoms with Gasteiger partial charge in [0.2, 0.25) is 0 Å². The smallest absolute Gasteiger partial charge is 0.357 e. The van der Waals surface area contributed by atoms with Crippen molar-refractivity contribution < 1.29 is 17.6 Å². The summed E-state index contributed by atoms with van der Waals surface area (Å²) < 4.78 is 52.3. The molecule has 18 heavy (non-hydrogen) atoms. The summed E-state index contributed by atoms with van der Waals surface area (Å²) in [7, 11) is 0. The molecule has 0 spiro atoms. The molecule has 0 radical (unpaired) electrons. The molecule has 1 aliphatic rings. The van der Waals surface area contributed by atoms with Crippen molar-refractivity contribution in [2.45, 2.75) is 18.9 Å². The van der Waals surface area contributed by atoms with Crippen molar-refractivity contribution in [2.75, 3.05) is 6.54 Å². The molecule has 2 heterocycles. The van der Waals surface area contributed by atoms with Gasteiger partial charge in [-0.05, 0) is 6.07 Å². The molecule has 0 bridgehead atoms. The largest absolute Gasteiger partial charge is 0.418 e. The maximum atomic E-state index is 13.8. The first-order valence-corrected chi connectivity index (χ1v) is 5.56. The van der Waals surface area contributed by atoms with E-state index in [0.29, 0.717) is 29.6 Å². The second kappa shape index (κ2) is 3.71. The first-order chi connectivity index (χ1) is 8.48. The fraction of sp³-hybridized carbons (Fsp3) is 0.333. The molecule has 2 N–H and O–H groups in total. The number of benzene rings is 1. The van der Waals surface area contributed by atoms with Gasteiger partial charge in [0.15, 0.2) is 6.30 Å². The van der Waals surface area contributed by atoms with E-state index in [-0.39, 0.29) is 5.52 Å². The standard InChI is InChI=1S/C12H10F4N2/c13-11-9-6-2-1-3-7(12(14,15)16)10(6)18-8(9)4-5-17-11/h1-3,11,17-18H,4-5H2. The molecule has 2 nitrogen and oxygen atoms in total. The molecule has 0 fully saturated rings. The summed E-state index contributed by atoms with van der Waals surface area (Å²) in [4.78, 5) is 2.72. The van der Waals surface area contributed by atoms with Gasteiger partial charge in [0.05, 0.1) is 11.1 Å². The van der Waals surface area contributed by atoms with Crippen LogP contribution in [0.1, 0.15) is 23.1 Å². The van der Waals surface area contributed by atoms with E-state index in [1.54, 1.807) is 0 Å². The van der Waals surface area contributed by atoms with E-state index in [1.807, 2.05) is 0 Å². The van der Waals surface area contributed by atoms with Gasteiger partial charge in [-0.2, -0.15) is 13.2 Å². The Bertz CT molecular complexity index is 600. The number of alkyl halides is 4. The molecule has 1 aromatic heterocycles. The van der Waals surface area contributed by atoms with Gasteiger partial charge in [0, 0.05) is 29.6 Å². The molecule has 1 aromatic carbocycles. The van der Waals surface area contributed by atoms with Crippen molar-refractivity contribution in [3.8, 4) is 0 Å². The molecule has 1 aliphatic heterocycles. The van der Waals surface area contributed by atoms with Gasteiger partial charge >= 0.3 is 6.18 Å². The number of hydrogen-bond acceptors (Lipinski definition) is 1. The highest BCUT2D eigenvalue weighted by Crippen LogP contribution is 2.39. The lowest BCUT2D eigenvalue weighted by atomic mass is 10.0. The molecule has 3 rings (SSSR count). The zero-order valence-electron chi connectivity index (χ0n) is 9.24. The third kappa shape index (κ3) is 1.59. The van der Waals surface area contributed by atoms with Crippen LogP contribution in [0.3, 0.4) is 0 Å². The number of nitrogens with one attached hydrogen (secondary N) is 2. The number of rotatable bonds is 0. The number of halogens is 4.